The number of rotatable bonds is 2. The average molecular weight is 229 g/mol. The van der Waals surface area contributed by atoms with Gasteiger partial charge in [-0.1, -0.05) is 30.3 Å². The third-order valence-electron chi connectivity index (χ3n) is 4.14. The van der Waals surface area contributed by atoms with Gasteiger partial charge in [-0.25, -0.2) is 0 Å². The molecule has 0 radical (unpaired) electrons. The van der Waals surface area contributed by atoms with E-state index in [9.17, 15) is 4.79 Å². The molecule has 2 bridgehead atoms. The summed E-state index contributed by atoms with van der Waals surface area (Å²) in [6, 6.07) is 11.1. The first-order chi connectivity index (χ1) is 8.31. The Morgan fingerprint density at radius 1 is 1.24 bits per heavy atom. The quantitative estimate of drug-likeness (QED) is 0.777. The fraction of sp³-hybridized carbons (Fsp3) is 0.533. The van der Waals surface area contributed by atoms with Gasteiger partial charge in [-0.15, -0.1) is 0 Å². The van der Waals surface area contributed by atoms with E-state index >= 15 is 0 Å². The molecule has 2 heteroatoms. The number of hydrogen-bond donors (Lipinski definition) is 0. The molecule has 0 N–H and O–H groups in total. The fourth-order valence-electron chi connectivity index (χ4n) is 3.25. The van der Waals surface area contributed by atoms with Crippen molar-refractivity contribution in [1.29, 1.82) is 0 Å². The van der Waals surface area contributed by atoms with E-state index in [1.807, 2.05) is 0 Å². The summed E-state index contributed by atoms with van der Waals surface area (Å²) in [4.78, 5) is 14.2. The Morgan fingerprint density at radius 3 is 2.88 bits per heavy atom. The molecule has 1 aliphatic carbocycles. The van der Waals surface area contributed by atoms with Gasteiger partial charge in [0.25, 0.3) is 0 Å². The van der Waals surface area contributed by atoms with Gasteiger partial charge >= 0.3 is 0 Å². The Bertz CT molecular complexity index is 401. The molecule has 2 fully saturated rings. The molecule has 17 heavy (non-hydrogen) atoms. The molecule has 1 saturated heterocycles. The second-order valence-corrected chi connectivity index (χ2v) is 5.45. The van der Waals surface area contributed by atoms with Gasteiger partial charge < -0.3 is 0 Å². The lowest BCUT2D eigenvalue weighted by atomic mass is 10.0. The number of ketones is 1. The van der Waals surface area contributed by atoms with E-state index in [4.69, 9.17) is 0 Å². The van der Waals surface area contributed by atoms with Gasteiger partial charge in [0, 0.05) is 32.0 Å². The summed E-state index contributed by atoms with van der Waals surface area (Å²) < 4.78 is 0. The van der Waals surface area contributed by atoms with Crippen LogP contribution in [0.5, 0.6) is 0 Å². The van der Waals surface area contributed by atoms with Gasteiger partial charge in [-0.2, -0.15) is 0 Å². The Labute approximate surface area is 103 Å². The topological polar surface area (TPSA) is 20.3 Å². The number of hydrogen-bond acceptors (Lipinski definition) is 2. The molecule has 2 nitrogen and oxygen atoms in total. The molecule has 2 aliphatic rings. The van der Waals surface area contributed by atoms with Crippen LogP contribution in [0.1, 0.15) is 31.2 Å². The average Bonchev–Trinajstić information content (AvgIpc) is 2.59. The molecule has 0 aromatic heterocycles. The molecule has 3 rings (SSSR count). The van der Waals surface area contributed by atoms with Crippen LogP contribution in [0.2, 0.25) is 0 Å². The van der Waals surface area contributed by atoms with Crippen LogP contribution in [0.4, 0.5) is 0 Å². The van der Waals surface area contributed by atoms with Crippen LogP contribution in [0.3, 0.4) is 0 Å². The monoisotopic (exact) mass is 229 g/mol. The zero-order valence-corrected chi connectivity index (χ0v) is 10.1. The number of Topliss-reactive ketones (excluding diaryl/α,β-unsaturated/α-hetero) is 1. The van der Waals surface area contributed by atoms with Crippen molar-refractivity contribution in [3.8, 4) is 0 Å². The second kappa shape index (κ2) is 4.61. The minimum absolute atomic E-state index is 0.468. The number of benzene rings is 1. The summed E-state index contributed by atoms with van der Waals surface area (Å²) in [7, 11) is 0. The summed E-state index contributed by atoms with van der Waals surface area (Å²) in [5, 5.41) is 0. The number of nitrogens with zero attached hydrogens (tertiary/aromatic N) is 1. The molecular weight excluding hydrogens is 210 g/mol. The van der Waals surface area contributed by atoms with Gasteiger partial charge in [-0.3, -0.25) is 9.69 Å². The Kier molecular flexibility index (Phi) is 2.98. The molecule has 1 heterocycles. The SMILES string of the molecule is O=C1CCC2CC(C1)N(Cc1ccccc1)C2. The van der Waals surface area contributed by atoms with Crippen LogP contribution in [0, 0.1) is 5.92 Å². The maximum atomic E-state index is 11.6. The molecule has 2 unspecified atom stereocenters. The molecule has 1 aromatic carbocycles. The van der Waals surface area contributed by atoms with E-state index in [1.165, 1.54) is 18.5 Å². The molecule has 1 aliphatic heterocycles. The number of carbonyl (C=O) groups is 1. The van der Waals surface area contributed by atoms with Crippen LogP contribution < -0.4 is 0 Å². The van der Waals surface area contributed by atoms with E-state index < -0.39 is 0 Å². The van der Waals surface area contributed by atoms with Crippen LogP contribution in [0.15, 0.2) is 30.3 Å². The van der Waals surface area contributed by atoms with Crippen molar-refractivity contribution in [3.05, 3.63) is 35.9 Å². The Balaban J connectivity index is 1.70. The zero-order chi connectivity index (χ0) is 11.7. The minimum Gasteiger partial charge on any atom is -0.300 e. The van der Waals surface area contributed by atoms with Crippen molar-refractivity contribution in [2.75, 3.05) is 6.54 Å². The largest absolute Gasteiger partial charge is 0.300 e. The minimum atomic E-state index is 0.468. The molecular formula is C15H19NO. The molecule has 0 spiro atoms. The summed E-state index contributed by atoms with van der Waals surface area (Å²) >= 11 is 0. The Hall–Kier alpha value is -1.15. The fourth-order valence-corrected chi connectivity index (χ4v) is 3.25. The summed E-state index contributed by atoms with van der Waals surface area (Å²) in [6.07, 6.45) is 3.95. The lowest BCUT2D eigenvalue weighted by Gasteiger charge is -2.24. The van der Waals surface area contributed by atoms with Crippen molar-refractivity contribution < 1.29 is 4.79 Å². The number of carbonyl (C=O) groups excluding carboxylic acids is 1. The van der Waals surface area contributed by atoms with E-state index in [0.29, 0.717) is 11.8 Å². The summed E-state index contributed by atoms with van der Waals surface area (Å²) in [5.74, 6) is 1.23. The summed E-state index contributed by atoms with van der Waals surface area (Å²) in [6.45, 7) is 2.20. The highest BCUT2D eigenvalue weighted by atomic mass is 16.1. The zero-order valence-electron chi connectivity index (χ0n) is 10.1. The number of fused-ring (bicyclic) bond motifs is 2. The van der Waals surface area contributed by atoms with Crippen LogP contribution >= 0.6 is 0 Å². The highest BCUT2D eigenvalue weighted by molar-refractivity contribution is 5.79. The first kappa shape index (κ1) is 11.0. The van der Waals surface area contributed by atoms with Gasteiger partial charge in [0.1, 0.15) is 5.78 Å². The molecule has 1 aromatic rings. The van der Waals surface area contributed by atoms with Gasteiger partial charge in [0.15, 0.2) is 0 Å². The van der Waals surface area contributed by atoms with E-state index in [1.54, 1.807) is 0 Å². The van der Waals surface area contributed by atoms with Gasteiger partial charge in [0.2, 0.25) is 0 Å². The lowest BCUT2D eigenvalue weighted by molar-refractivity contribution is -0.120. The van der Waals surface area contributed by atoms with Crippen molar-refractivity contribution in [1.82, 2.24) is 4.90 Å². The third kappa shape index (κ3) is 2.42. The predicted octanol–water partition coefficient (Wildman–Crippen LogP) is 2.63. The first-order valence-corrected chi connectivity index (χ1v) is 6.61. The van der Waals surface area contributed by atoms with E-state index in [2.05, 4.69) is 35.2 Å². The Morgan fingerprint density at radius 2 is 2.06 bits per heavy atom. The van der Waals surface area contributed by atoms with Crippen LogP contribution in [0.25, 0.3) is 0 Å². The predicted molar refractivity (Wildman–Crippen MR) is 67.6 cm³/mol. The van der Waals surface area contributed by atoms with Gasteiger partial charge in [0.05, 0.1) is 0 Å². The highest BCUT2D eigenvalue weighted by Gasteiger charge is 2.35. The summed E-state index contributed by atoms with van der Waals surface area (Å²) in [5.41, 5.74) is 1.37. The van der Waals surface area contributed by atoms with Crippen molar-refractivity contribution in [2.24, 2.45) is 5.92 Å². The standard InChI is InChI=1S/C15H19NO/c17-15-7-6-13-8-14(9-15)16(11-13)10-12-4-2-1-3-5-12/h1-5,13-14H,6-11H2. The van der Waals surface area contributed by atoms with Crippen molar-refractivity contribution in [3.63, 3.8) is 0 Å². The highest BCUT2D eigenvalue weighted by Crippen LogP contribution is 2.33. The number of likely N-dealkylation sites (tertiary alicyclic amines) is 1. The van der Waals surface area contributed by atoms with E-state index in [0.717, 1.165) is 31.7 Å². The maximum absolute atomic E-state index is 11.6. The maximum Gasteiger partial charge on any atom is 0.134 e. The van der Waals surface area contributed by atoms with Crippen LogP contribution in [-0.2, 0) is 11.3 Å². The molecule has 90 valence electrons. The molecule has 2 atom stereocenters. The van der Waals surface area contributed by atoms with Gasteiger partial charge in [-0.05, 0) is 24.3 Å². The van der Waals surface area contributed by atoms with Crippen molar-refractivity contribution >= 4 is 5.78 Å². The third-order valence-corrected chi connectivity index (χ3v) is 4.14. The first-order valence-electron chi connectivity index (χ1n) is 6.61. The molecule has 1 saturated carbocycles. The van der Waals surface area contributed by atoms with E-state index in [-0.39, 0.29) is 0 Å². The second-order valence-electron chi connectivity index (χ2n) is 5.45. The lowest BCUT2D eigenvalue weighted by Crippen LogP contribution is -2.31. The van der Waals surface area contributed by atoms with Crippen molar-refractivity contribution in [2.45, 2.75) is 38.3 Å². The molecule has 0 amide bonds. The smallest absolute Gasteiger partial charge is 0.134 e. The normalized spacial score (nSPS) is 29.3. The van der Waals surface area contributed by atoms with Crippen LogP contribution in [-0.4, -0.2) is 23.3 Å².